The molecule has 2 amide bonds. The predicted octanol–water partition coefficient (Wildman–Crippen LogP) is 2.24. The van der Waals surface area contributed by atoms with Crippen LogP contribution in [0.3, 0.4) is 0 Å². The molecule has 0 spiro atoms. The van der Waals surface area contributed by atoms with Crippen molar-refractivity contribution < 1.29 is 9.18 Å². The molecule has 2 aromatic rings. The van der Waals surface area contributed by atoms with Gasteiger partial charge in [-0.2, -0.15) is 0 Å². The summed E-state index contributed by atoms with van der Waals surface area (Å²) in [6.07, 6.45) is 4.69. The molecule has 0 aliphatic carbocycles. The quantitative estimate of drug-likeness (QED) is 0.941. The molecule has 1 aliphatic rings. The van der Waals surface area contributed by atoms with Gasteiger partial charge in [0.1, 0.15) is 23.8 Å². The summed E-state index contributed by atoms with van der Waals surface area (Å²) in [4.78, 5) is 18.0. The summed E-state index contributed by atoms with van der Waals surface area (Å²) in [5, 5.41) is 10.9. The minimum atomic E-state index is -0.431. The van der Waals surface area contributed by atoms with Crippen molar-refractivity contribution in [2.45, 2.75) is 32.2 Å². The minimum Gasteiger partial charge on any atom is -0.324 e. The fourth-order valence-electron chi connectivity index (χ4n) is 2.83. The highest BCUT2D eigenvalue weighted by Crippen LogP contribution is 2.25. The molecule has 7 nitrogen and oxygen atoms in total. The number of carbonyl (C=O) groups excluding carboxylic acids is 1. The first-order chi connectivity index (χ1) is 11.2. The first-order valence-corrected chi connectivity index (χ1v) is 7.72. The predicted molar refractivity (Wildman–Crippen MR) is 82.5 cm³/mol. The Morgan fingerprint density at radius 1 is 1.48 bits per heavy atom. The normalized spacial score (nSPS) is 18.0. The number of piperidine rings is 1. The molecule has 0 bridgehead atoms. The average Bonchev–Trinajstić information content (AvgIpc) is 3.06. The van der Waals surface area contributed by atoms with E-state index in [1.165, 1.54) is 12.1 Å². The minimum absolute atomic E-state index is 0.179. The molecular weight excluding hydrogens is 299 g/mol. The highest BCUT2D eigenvalue weighted by molar-refractivity contribution is 5.88. The van der Waals surface area contributed by atoms with Gasteiger partial charge in [-0.25, -0.2) is 14.2 Å². The second-order valence-corrected chi connectivity index (χ2v) is 5.55. The standard InChI is InChI=1S/C15H19FN6O/c1-2-21-10-18-20-14(21)11-4-3-7-22(9-11)15(23)19-13-6-5-12(16)8-17-13/h5-6,8,10-11H,2-4,7,9H2,1H3,(H,17,19,23)/t11-/m0/s1. The number of nitrogens with zero attached hydrogens (tertiary/aromatic N) is 5. The number of aromatic nitrogens is 4. The van der Waals surface area contributed by atoms with Crippen LogP contribution in [0.1, 0.15) is 31.5 Å². The van der Waals surface area contributed by atoms with Crippen LogP contribution in [0.25, 0.3) is 0 Å². The lowest BCUT2D eigenvalue weighted by Crippen LogP contribution is -2.42. The third-order valence-corrected chi connectivity index (χ3v) is 4.02. The summed E-state index contributed by atoms with van der Waals surface area (Å²) < 4.78 is 14.9. The van der Waals surface area contributed by atoms with Crippen molar-refractivity contribution in [2.75, 3.05) is 18.4 Å². The third-order valence-electron chi connectivity index (χ3n) is 4.02. The summed E-state index contributed by atoms with van der Waals surface area (Å²) in [5.74, 6) is 1.01. The van der Waals surface area contributed by atoms with Crippen LogP contribution in [0.5, 0.6) is 0 Å². The van der Waals surface area contributed by atoms with E-state index in [2.05, 4.69) is 20.5 Å². The number of pyridine rings is 1. The molecule has 2 aromatic heterocycles. The van der Waals surface area contributed by atoms with Crippen molar-refractivity contribution in [2.24, 2.45) is 0 Å². The Hall–Kier alpha value is -2.51. The number of anilines is 1. The maximum absolute atomic E-state index is 12.9. The Bertz CT molecular complexity index is 671. The van der Waals surface area contributed by atoms with Gasteiger partial charge in [0.15, 0.2) is 0 Å². The van der Waals surface area contributed by atoms with E-state index < -0.39 is 5.82 Å². The zero-order valence-electron chi connectivity index (χ0n) is 12.9. The second-order valence-electron chi connectivity index (χ2n) is 5.55. The Morgan fingerprint density at radius 3 is 3.09 bits per heavy atom. The second kappa shape index (κ2) is 6.72. The number of hydrogen-bond acceptors (Lipinski definition) is 4. The zero-order chi connectivity index (χ0) is 16.2. The van der Waals surface area contributed by atoms with E-state index >= 15 is 0 Å². The van der Waals surface area contributed by atoms with Crippen LogP contribution in [0.15, 0.2) is 24.7 Å². The lowest BCUT2D eigenvalue weighted by Gasteiger charge is -2.32. The lowest BCUT2D eigenvalue weighted by molar-refractivity contribution is 0.190. The van der Waals surface area contributed by atoms with Crippen LogP contribution in [0.2, 0.25) is 0 Å². The van der Waals surface area contributed by atoms with Gasteiger partial charge in [-0.05, 0) is 31.9 Å². The van der Waals surface area contributed by atoms with Crippen molar-refractivity contribution in [3.8, 4) is 0 Å². The molecule has 1 aliphatic heterocycles. The first-order valence-electron chi connectivity index (χ1n) is 7.72. The monoisotopic (exact) mass is 318 g/mol. The van der Waals surface area contributed by atoms with Gasteiger partial charge in [0.25, 0.3) is 0 Å². The van der Waals surface area contributed by atoms with E-state index in [9.17, 15) is 9.18 Å². The number of urea groups is 1. The van der Waals surface area contributed by atoms with E-state index in [4.69, 9.17) is 0 Å². The summed E-state index contributed by atoms with van der Waals surface area (Å²) in [6, 6.07) is 2.49. The molecule has 0 unspecified atom stereocenters. The van der Waals surface area contributed by atoms with E-state index in [-0.39, 0.29) is 11.9 Å². The van der Waals surface area contributed by atoms with Crippen LogP contribution in [0.4, 0.5) is 15.0 Å². The maximum Gasteiger partial charge on any atom is 0.323 e. The molecular formula is C15H19FN6O. The fourth-order valence-corrected chi connectivity index (χ4v) is 2.83. The fraction of sp³-hybridized carbons (Fsp3) is 0.467. The van der Waals surface area contributed by atoms with E-state index in [0.29, 0.717) is 18.9 Å². The molecule has 1 saturated heterocycles. The molecule has 3 heterocycles. The molecule has 8 heteroatoms. The molecule has 1 N–H and O–H groups in total. The van der Waals surface area contributed by atoms with Gasteiger partial charge in [0, 0.05) is 25.6 Å². The Morgan fingerprint density at radius 2 is 2.35 bits per heavy atom. The van der Waals surface area contributed by atoms with Gasteiger partial charge in [-0.3, -0.25) is 5.32 Å². The molecule has 0 saturated carbocycles. The van der Waals surface area contributed by atoms with Crippen LogP contribution in [-0.4, -0.2) is 43.8 Å². The number of halogens is 1. The van der Waals surface area contributed by atoms with Crippen LogP contribution < -0.4 is 5.32 Å². The Labute approximate surface area is 133 Å². The van der Waals surface area contributed by atoms with Crippen molar-refractivity contribution in [1.82, 2.24) is 24.6 Å². The highest BCUT2D eigenvalue weighted by atomic mass is 19.1. The first kappa shape index (κ1) is 15.4. The molecule has 23 heavy (non-hydrogen) atoms. The molecule has 1 atom stereocenters. The smallest absolute Gasteiger partial charge is 0.323 e. The number of likely N-dealkylation sites (tertiary alicyclic amines) is 1. The number of hydrogen-bond donors (Lipinski definition) is 1. The van der Waals surface area contributed by atoms with E-state index in [1.807, 2.05) is 11.5 Å². The number of amides is 2. The maximum atomic E-state index is 12.9. The number of carbonyl (C=O) groups is 1. The van der Waals surface area contributed by atoms with Crippen LogP contribution in [-0.2, 0) is 6.54 Å². The number of rotatable bonds is 3. The molecule has 0 aromatic carbocycles. The van der Waals surface area contributed by atoms with Gasteiger partial charge in [-0.1, -0.05) is 0 Å². The van der Waals surface area contributed by atoms with Crippen molar-refractivity contribution >= 4 is 11.8 Å². The Kier molecular flexibility index (Phi) is 4.50. The topological polar surface area (TPSA) is 75.9 Å². The lowest BCUT2D eigenvalue weighted by atomic mass is 9.97. The Balaban J connectivity index is 1.66. The summed E-state index contributed by atoms with van der Waals surface area (Å²) >= 11 is 0. The molecule has 122 valence electrons. The van der Waals surface area contributed by atoms with Gasteiger partial charge in [0.2, 0.25) is 0 Å². The highest BCUT2D eigenvalue weighted by Gasteiger charge is 2.27. The van der Waals surface area contributed by atoms with E-state index in [1.54, 1.807) is 11.2 Å². The molecule has 3 rings (SSSR count). The summed E-state index contributed by atoms with van der Waals surface area (Å²) in [6.45, 7) is 4.13. The van der Waals surface area contributed by atoms with Crippen LogP contribution >= 0.6 is 0 Å². The van der Waals surface area contributed by atoms with Crippen molar-refractivity contribution in [3.63, 3.8) is 0 Å². The number of nitrogens with one attached hydrogen (secondary N) is 1. The van der Waals surface area contributed by atoms with E-state index in [0.717, 1.165) is 31.4 Å². The zero-order valence-corrected chi connectivity index (χ0v) is 12.9. The SMILES string of the molecule is CCn1cnnc1[C@H]1CCCN(C(=O)Nc2ccc(F)cn2)C1. The van der Waals surface area contributed by atoms with Gasteiger partial charge >= 0.3 is 6.03 Å². The third kappa shape index (κ3) is 3.46. The van der Waals surface area contributed by atoms with Crippen molar-refractivity contribution in [1.29, 1.82) is 0 Å². The largest absolute Gasteiger partial charge is 0.324 e. The van der Waals surface area contributed by atoms with Gasteiger partial charge < -0.3 is 9.47 Å². The molecule has 1 fully saturated rings. The van der Waals surface area contributed by atoms with Crippen molar-refractivity contribution in [3.05, 3.63) is 36.3 Å². The van der Waals surface area contributed by atoms with Gasteiger partial charge in [-0.15, -0.1) is 10.2 Å². The van der Waals surface area contributed by atoms with Gasteiger partial charge in [0.05, 0.1) is 6.20 Å². The van der Waals surface area contributed by atoms with Crippen LogP contribution in [0, 0.1) is 5.82 Å². The summed E-state index contributed by atoms with van der Waals surface area (Å²) in [7, 11) is 0. The molecule has 0 radical (unpaired) electrons. The summed E-state index contributed by atoms with van der Waals surface area (Å²) in [5.41, 5.74) is 0. The number of aryl methyl sites for hydroxylation is 1. The average molecular weight is 318 g/mol.